The second-order valence-electron chi connectivity index (χ2n) is 5.45. The molecule has 3 rings (SSSR count). The van der Waals surface area contributed by atoms with E-state index in [2.05, 4.69) is 28.2 Å². The summed E-state index contributed by atoms with van der Waals surface area (Å²) in [6.07, 6.45) is 6.20. The van der Waals surface area contributed by atoms with Crippen LogP contribution in [0.4, 0.5) is 5.82 Å². The molecule has 2 aromatic heterocycles. The van der Waals surface area contributed by atoms with Gasteiger partial charge in [0.25, 0.3) is 0 Å². The van der Waals surface area contributed by atoms with E-state index in [1.165, 1.54) is 24.0 Å². The summed E-state index contributed by atoms with van der Waals surface area (Å²) in [5.74, 6) is 2.08. The van der Waals surface area contributed by atoms with E-state index in [0.29, 0.717) is 6.04 Å². The van der Waals surface area contributed by atoms with Crippen molar-refractivity contribution in [2.45, 2.75) is 38.9 Å². The van der Waals surface area contributed by atoms with Crippen LogP contribution in [-0.4, -0.2) is 18.1 Å². The Labute approximate surface area is 119 Å². The van der Waals surface area contributed by atoms with Crippen LogP contribution in [0.15, 0.2) is 35.1 Å². The number of aromatic nitrogens is 1. The molecule has 0 bridgehead atoms. The smallest absolute Gasteiger partial charge is 0.132 e. The van der Waals surface area contributed by atoms with Crippen LogP contribution in [0.2, 0.25) is 0 Å². The fourth-order valence-electron chi connectivity index (χ4n) is 2.56. The fourth-order valence-corrected chi connectivity index (χ4v) is 2.56. The van der Waals surface area contributed by atoms with Gasteiger partial charge in [-0.05, 0) is 56.1 Å². The minimum absolute atomic E-state index is 0.612. The van der Waals surface area contributed by atoms with Crippen LogP contribution in [0, 0.1) is 6.92 Å². The quantitative estimate of drug-likeness (QED) is 0.877. The maximum Gasteiger partial charge on any atom is 0.132 e. The predicted molar refractivity (Wildman–Crippen MR) is 79.7 cm³/mol. The zero-order valence-electron chi connectivity index (χ0n) is 12.1. The van der Waals surface area contributed by atoms with E-state index in [-0.39, 0.29) is 0 Å². The zero-order valence-corrected chi connectivity index (χ0v) is 12.1. The average Bonchev–Trinajstić information content (AvgIpc) is 3.15. The molecule has 1 saturated carbocycles. The monoisotopic (exact) mass is 271 g/mol. The summed E-state index contributed by atoms with van der Waals surface area (Å²) in [6, 6.07) is 6.80. The molecule has 1 N–H and O–H groups in total. The number of hydrogen-bond donors (Lipinski definition) is 1. The van der Waals surface area contributed by atoms with Gasteiger partial charge in [0.15, 0.2) is 0 Å². The summed E-state index contributed by atoms with van der Waals surface area (Å²) in [5, 5.41) is 3.16. The molecule has 0 radical (unpaired) electrons. The number of hydrogen-bond acceptors (Lipinski definition) is 4. The molecule has 2 aromatic rings. The number of aryl methyl sites for hydroxylation is 1. The van der Waals surface area contributed by atoms with Gasteiger partial charge in [-0.25, -0.2) is 4.98 Å². The third-order valence-corrected chi connectivity index (χ3v) is 3.65. The molecule has 0 atom stereocenters. The lowest BCUT2D eigenvalue weighted by Gasteiger charge is -2.24. The average molecular weight is 271 g/mol. The molecule has 0 aromatic carbocycles. The van der Waals surface area contributed by atoms with Gasteiger partial charge in [0.2, 0.25) is 0 Å². The second kappa shape index (κ2) is 5.67. The molecule has 0 unspecified atom stereocenters. The first-order valence-corrected chi connectivity index (χ1v) is 7.17. The van der Waals surface area contributed by atoms with E-state index in [1.54, 1.807) is 6.26 Å². The number of nitrogens with zero attached hydrogens (tertiary/aromatic N) is 2. The summed E-state index contributed by atoms with van der Waals surface area (Å²) >= 11 is 0. The van der Waals surface area contributed by atoms with Crippen LogP contribution >= 0.6 is 0 Å². The van der Waals surface area contributed by atoms with Crippen molar-refractivity contribution in [3.63, 3.8) is 0 Å². The van der Waals surface area contributed by atoms with E-state index < -0.39 is 0 Å². The van der Waals surface area contributed by atoms with Crippen molar-refractivity contribution in [3.8, 4) is 0 Å². The topological polar surface area (TPSA) is 41.3 Å². The Balaban J connectivity index is 1.83. The van der Waals surface area contributed by atoms with Crippen molar-refractivity contribution in [1.29, 1.82) is 0 Å². The largest absolute Gasteiger partial charge is 0.467 e. The number of anilines is 1. The first-order valence-electron chi connectivity index (χ1n) is 7.17. The molecule has 20 heavy (non-hydrogen) atoms. The number of pyridine rings is 1. The predicted octanol–water partition coefficient (Wildman–Crippen LogP) is 2.87. The Bertz CT molecular complexity index is 561. The van der Waals surface area contributed by atoms with Gasteiger partial charge in [-0.2, -0.15) is 0 Å². The Morgan fingerprint density at radius 3 is 2.90 bits per heavy atom. The van der Waals surface area contributed by atoms with Crippen LogP contribution in [-0.2, 0) is 13.1 Å². The molecule has 0 saturated heterocycles. The number of rotatable bonds is 6. The third kappa shape index (κ3) is 2.85. The lowest BCUT2D eigenvalue weighted by atomic mass is 10.2. The van der Waals surface area contributed by atoms with Crippen LogP contribution in [0.5, 0.6) is 0 Å². The molecular weight excluding hydrogens is 250 g/mol. The molecule has 0 spiro atoms. The van der Waals surface area contributed by atoms with E-state index in [4.69, 9.17) is 4.42 Å². The highest BCUT2D eigenvalue weighted by atomic mass is 16.3. The molecule has 0 aliphatic heterocycles. The van der Waals surface area contributed by atoms with Crippen molar-refractivity contribution in [2.24, 2.45) is 0 Å². The van der Waals surface area contributed by atoms with Crippen molar-refractivity contribution < 1.29 is 4.42 Å². The fraction of sp³-hybridized carbons (Fsp3) is 0.438. The lowest BCUT2D eigenvalue weighted by Crippen LogP contribution is -2.26. The minimum atomic E-state index is 0.612. The van der Waals surface area contributed by atoms with Crippen molar-refractivity contribution >= 4 is 5.82 Å². The van der Waals surface area contributed by atoms with E-state index in [1.807, 2.05) is 25.4 Å². The van der Waals surface area contributed by atoms with Crippen molar-refractivity contribution in [3.05, 3.63) is 47.5 Å². The Morgan fingerprint density at radius 2 is 2.30 bits per heavy atom. The highest BCUT2D eigenvalue weighted by Crippen LogP contribution is 2.33. The Morgan fingerprint density at radius 1 is 1.45 bits per heavy atom. The highest BCUT2D eigenvalue weighted by molar-refractivity contribution is 5.49. The molecule has 1 aliphatic rings. The maximum absolute atomic E-state index is 5.49. The molecular formula is C16H21N3O. The first-order chi connectivity index (χ1) is 9.78. The van der Waals surface area contributed by atoms with E-state index >= 15 is 0 Å². The summed E-state index contributed by atoms with van der Waals surface area (Å²) < 4.78 is 5.49. The normalized spacial score (nSPS) is 14.5. The summed E-state index contributed by atoms with van der Waals surface area (Å²) in [4.78, 5) is 7.06. The SMILES string of the molecule is CNCc1cnc(N(Cc2ccco2)C2CC2)c(C)c1. The zero-order chi connectivity index (χ0) is 13.9. The van der Waals surface area contributed by atoms with Gasteiger partial charge in [0, 0.05) is 18.8 Å². The highest BCUT2D eigenvalue weighted by Gasteiger charge is 2.31. The van der Waals surface area contributed by atoms with Crippen LogP contribution in [0.3, 0.4) is 0 Å². The number of nitrogens with one attached hydrogen (secondary N) is 1. The summed E-state index contributed by atoms with van der Waals surface area (Å²) in [6.45, 7) is 3.80. The van der Waals surface area contributed by atoms with Crippen molar-refractivity contribution in [1.82, 2.24) is 10.3 Å². The lowest BCUT2D eigenvalue weighted by molar-refractivity contribution is 0.500. The summed E-state index contributed by atoms with van der Waals surface area (Å²) in [5.41, 5.74) is 2.46. The molecule has 1 fully saturated rings. The van der Waals surface area contributed by atoms with Gasteiger partial charge >= 0.3 is 0 Å². The molecule has 2 heterocycles. The first kappa shape index (κ1) is 13.2. The standard InChI is InChI=1S/C16H21N3O/c1-12-8-13(9-17-2)10-18-16(12)19(14-5-6-14)11-15-4-3-7-20-15/h3-4,7-8,10,14,17H,5-6,9,11H2,1-2H3. The molecule has 0 amide bonds. The van der Waals surface area contributed by atoms with Crippen LogP contribution < -0.4 is 10.2 Å². The molecule has 4 nitrogen and oxygen atoms in total. The van der Waals surface area contributed by atoms with Crippen molar-refractivity contribution in [2.75, 3.05) is 11.9 Å². The molecule has 4 heteroatoms. The van der Waals surface area contributed by atoms with E-state index in [9.17, 15) is 0 Å². The van der Waals surface area contributed by atoms with E-state index in [0.717, 1.165) is 24.7 Å². The number of furan rings is 1. The van der Waals surface area contributed by atoms with Gasteiger partial charge in [-0.1, -0.05) is 0 Å². The van der Waals surface area contributed by atoms with Gasteiger partial charge in [0.05, 0.1) is 12.8 Å². The van der Waals surface area contributed by atoms with Gasteiger partial charge in [-0.3, -0.25) is 0 Å². The van der Waals surface area contributed by atoms with Crippen LogP contribution in [0.1, 0.15) is 29.7 Å². The Hall–Kier alpha value is -1.81. The van der Waals surface area contributed by atoms with Gasteiger partial charge < -0.3 is 14.6 Å². The van der Waals surface area contributed by atoms with Gasteiger partial charge in [0.1, 0.15) is 11.6 Å². The molecule has 106 valence electrons. The van der Waals surface area contributed by atoms with Gasteiger partial charge in [-0.15, -0.1) is 0 Å². The second-order valence-corrected chi connectivity index (χ2v) is 5.45. The van der Waals surface area contributed by atoms with Crippen LogP contribution in [0.25, 0.3) is 0 Å². The molecule has 1 aliphatic carbocycles. The maximum atomic E-state index is 5.49. The summed E-state index contributed by atoms with van der Waals surface area (Å²) in [7, 11) is 1.96. The third-order valence-electron chi connectivity index (χ3n) is 3.65. The minimum Gasteiger partial charge on any atom is -0.467 e. The Kier molecular flexibility index (Phi) is 3.74.